The highest BCUT2D eigenvalue weighted by molar-refractivity contribution is 8.13. The highest BCUT2D eigenvalue weighted by Crippen LogP contribution is 2.35. The lowest BCUT2D eigenvalue weighted by atomic mass is 10.2. The zero-order valence-corrected chi connectivity index (χ0v) is 11.2. The smallest absolute Gasteiger partial charge is 0.261 e. The van der Waals surface area contributed by atoms with Crippen molar-refractivity contribution in [2.24, 2.45) is 0 Å². The zero-order valence-electron chi connectivity index (χ0n) is 8.69. The van der Waals surface area contributed by atoms with Crippen molar-refractivity contribution in [3.05, 3.63) is 23.8 Å². The van der Waals surface area contributed by atoms with Crippen LogP contribution in [-0.2, 0) is 13.6 Å². The summed E-state index contributed by atoms with van der Waals surface area (Å²) >= 11 is 0. The first-order valence-corrected chi connectivity index (χ1v) is 9.14. The Morgan fingerprint density at radius 1 is 1.27 bits per heavy atom. The van der Waals surface area contributed by atoms with Gasteiger partial charge in [0.2, 0.25) is 0 Å². The molecule has 0 unspecified atom stereocenters. The molecule has 15 heavy (non-hydrogen) atoms. The number of rotatable bonds is 2. The van der Waals surface area contributed by atoms with Crippen LogP contribution in [-0.4, -0.2) is 21.7 Å². The molecule has 0 saturated heterocycles. The van der Waals surface area contributed by atoms with Gasteiger partial charge in [-0.05, 0) is 31.9 Å². The van der Waals surface area contributed by atoms with Crippen molar-refractivity contribution < 1.29 is 13.0 Å². The largest absolute Gasteiger partial charge is 0.319 e. The van der Waals surface area contributed by atoms with Crippen LogP contribution in [0.25, 0.3) is 0 Å². The summed E-state index contributed by atoms with van der Waals surface area (Å²) in [5.74, 6) is 0. The van der Waals surface area contributed by atoms with Crippen molar-refractivity contribution in [2.45, 2.75) is 11.8 Å². The molecule has 1 aromatic rings. The molecule has 1 aromatic carbocycles. The van der Waals surface area contributed by atoms with E-state index in [9.17, 15) is 13.0 Å². The van der Waals surface area contributed by atoms with Gasteiger partial charge in [0.1, 0.15) is 7.14 Å². The van der Waals surface area contributed by atoms with Gasteiger partial charge < -0.3 is 4.57 Å². The summed E-state index contributed by atoms with van der Waals surface area (Å²) in [7, 11) is -0.954. The predicted octanol–water partition coefficient (Wildman–Crippen LogP) is 2.17. The van der Waals surface area contributed by atoms with E-state index in [1.807, 2.05) is 0 Å². The fourth-order valence-corrected chi connectivity index (χ4v) is 3.37. The molecule has 3 nitrogen and oxygen atoms in total. The molecule has 0 spiro atoms. The minimum atomic E-state index is -3.77. The first kappa shape index (κ1) is 12.8. The van der Waals surface area contributed by atoms with Crippen molar-refractivity contribution >= 4 is 32.2 Å². The molecule has 0 aliphatic rings. The van der Waals surface area contributed by atoms with E-state index in [0.717, 1.165) is 0 Å². The van der Waals surface area contributed by atoms with Crippen molar-refractivity contribution in [3.63, 3.8) is 0 Å². The molecule has 0 atom stereocenters. The van der Waals surface area contributed by atoms with Crippen molar-refractivity contribution in [1.82, 2.24) is 0 Å². The number of aryl methyl sites for hydroxylation is 1. The van der Waals surface area contributed by atoms with Gasteiger partial charge in [-0.1, -0.05) is 12.1 Å². The molecular formula is C9H12ClO3PS. The third-order valence-corrected chi connectivity index (χ3v) is 5.04. The maximum absolute atomic E-state index is 11.8. The summed E-state index contributed by atoms with van der Waals surface area (Å²) in [5, 5.41) is 0.521. The van der Waals surface area contributed by atoms with Crippen LogP contribution in [0.4, 0.5) is 0 Å². The third-order valence-electron chi connectivity index (χ3n) is 2.06. The Balaban J connectivity index is 3.50. The third kappa shape index (κ3) is 3.07. The molecule has 0 bridgehead atoms. The molecule has 0 amide bonds. The minimum absolute atomic E-state index is 0.0330. The summed E-state index contributed by atoms with van der Waals surface area (Å²) in [5.41, 5.74) is 0.558. The van der Waals surface area contributed by atoms with Crippen LogP contribution < -0.4 is 5.30 Å². The molecular weight excluding hydrogens is 255 g/mol. The highest BCUT2D eigenvalue weighted by Gasteiger charge is 2.18. The molecule has 0 heterocycles. The van der Waals surface area contributed by atoms with E-state index < -0.39 is 16.2 Å². The number of halogens is 1. The van der Waals surface area contributed by atoms with Crippen LogP contribution in [0, 0.1) is 6.92 Å². The van der Waals surface area contributed by atoms with Crippen LogP contribution in [0.3, 0.4) is 0 Å². The average molecular weight is 267 g/mol. The molecule has 0 fully saturated rings. The van der Waals surface area contributed by atoms with E-state index >= 15 is 0 Å². The predicted molar refractivity (Wildman–Crippen MR) is 63.3 cm³/mol. The maximum Gasteiger partial charge on any atom is 0.261 e. The van der Waals surface area contributed by atoms with Crippen LogP contribution in [0.15, 0.2) is 23.1 Å². The van der Waals surface area contributed by atoms with Gasteiger partial charge in [0.05, 0.1) is 4.90 Å². The van der Waals surface area contributed by atoms with Gasteiger partial charge in [0.15, 0.2) is 0 Å². The Hall–Kier alpha value is -0.310. The Morgan fingerprint density at radius 2 is 1.80 bits per heavy atom. The minimum Gasteiger partial charge on any atom is -0.319 e. The van der Waals surface area contributed by atoms with E-state index in [1.54, 1.807) is 32.4 Å². The van der Waals surface area contributed by atoms with E-state index in [-0.39, 0.29) is 4.90 Å². The van der Waals surface area contributed by atoms with Gasteiger partial charge in [-0.25, -0.2) is 8.42 Å². The van der Waals surface area contributed by atoms with Crippen LogP contribution in [0.5, 0.6) is 0 Å². The number of benzene rings is 1. The van der Waals surface area contributed by atoms with Crippen molar-refractivity contribution in [2.75, 3.05) is 13.3 Å². The van der Waals surface area contributed by atoms with Crippen LogP contribution >= 0.6 is 17.8 Å². The Kier molecular flexibility index (Phi) is 3.34. The highest BCUT2D eigenvalue weighted by atomic mass is 35.7. The van der Waals surface area contributed by atoms with E-state index in [2.05, 4.69) is 0 Å². The lowest BCUT2D eigenvalue weighted by molar-refractivity contribution is 0.588. The van der Waals surface area contributed by atoms with Crippen LogP contribution in [0.1, 0.15) is 5.56 Å². The summed E-state index contributed by atoms with van der Waals surface area (Å²) in [6, 6.07) is 4.67. The number of hydrogen-bond acceptors (Lipinski definition) is 3. The monoisotopic (exact) mass is 266 g/mol. The lowest BCUT2D eigenvalue weighted by Crippen LogP contribution is -2.06. The molecule has 0 saturated carbocycles. The molecule has 84 valence electrons. The molecule has 0 radical (unpaired) electrons. The molecule has 0 N–H and O–H groups in total. The summed E-state index contributed by atoms with van der Waals surface area (Å²) in [4.78, 5) is 0.0330. The van der Waals surface area contributed by atoms with Gasteiger partial charge in [-0.3, -0.25) is 0 Å². The fourth-order valence-electron chi connectivity index (χ4n) is 1.19. The molecule has 0 aliphatic heterocycles. The SMILES string of the molecule is Cc1ccc(P(C)(C)=O)cc1S(=O)(=O)Cl. The Bertz CT molecular complexity index is 530. The molecule has 0 aliphatic carbocycles. The van der Waals surface area contributed by atoms with Gasteiger partial charge in [0, 0.05) is 16.0 Å². The molecule has 1 rings (SSSR count). The summed E-state index contributed by atoms with van der Waals surface area (Å²) in [6.07, 6.45) is 0. The van der Waals surface area contributed by atoms with E-state index in [1.165, 1.54) is 6.07 Å². The topological polar surface area (TPSA) is 51.2 Å². The van der Waals surface area contributed by atoms with Crippen molar-refractivity contribution in [3.8, 4) is 0 Å². The first-order chi connectivity index (χ1) is 6.62. The maximum atomic E-state index is 11.8. The lowest BCUT2D eigenvalue weighted by Gasteiger charge is -2.09. The first-order valence-electron chi connectivity index (χ1n) is 4.23. The normalized spacial score (nSPS) is 12.8. The Labute approximate surface area is 94.2 Å². The van der Waals surface area contributed by atoms with E-state index in [0.29, 0.717) is 10.9 Å². The van der Waals surface area contributed by atoms with Gasteiger partial charge >= 0.3 is 0 Å². The second-order valence-electron chi connectivity index (χ2n) is 3.74. The standard InChI is InChI=1S/C9H12ClO3PS/c1-7-4-5-8(14(2,3)11)6-9(7)15(10,12)13/h4-6H,1-3H3. The second kappa shape index (κ2) is 3.93. The van der Waals surface area contributed by atoms with E-state index in [4.69, 9.17) is 10.7 Å². The second-order valence-corrected chi connectivity index (χ2v) is 9.49. The molecule has 6 heteroatoms. The fraction of sp³-hybridized carbons (Fsp3) is 0.333. The van der Waals surface area contributed by atoms with Crippen molar-refractivity contribution in [1.29, 1.82) is 0 Å². The van der Waals surface area contributed by atoms with Gasteiger partial charge in [-0.15, -0.1) is 0 Å². The summed E-state index contributed by atoms with van der Waals surface area (Å²) < 4.78 is 34.2. The number of hydrogen-bond donors (Lipinski definition) is 0. The average Bonchev–Trinajstić information content (AvgIpc) is 2.00. The Morgan fingerprint density at radius 3 is 2.20 bits per heavy atom. The van der Waals surface area contributed by atoms with Gasteiger partial charge in [0.25, 0.3) is 9.05 Å². The van der Waals surface area contributed by atoms with Crippen LogP contribution in [0.2, 0.25) is 0 Å². The quantitative estimate of drug-likeness (QED) is 0.609. The summed E-state index contributed by atoms with van der Waals surface area (Å²) in [6.45, 7) is 4.82. The molecule has 0 aromatic heterocycles. The zero-order chi connectivity index (χ0) is 11.9. The van der Waals surface area contributed by atoms with Gasteiger partial charge in [-0.2, -0.15) is 0 Å².